The zero-order valence-corrected chi connectivity index (χ0v) is 19.0. The molecule has 2 aromatic carbocycles. The van der Waals surface area contributed by atoms with Gasteiger partial charge in [0.15, 0.2) is 0 Å². The Morgan fingerprint density at radius 3 is 2.23 bits per heavy atom. The van der Waals surface area contributed by atoms with E-state index >= 15 is 0 Å². The molecule has 0 fully saturated rings. The Morgan fingerprint density at radius 1 is 1.07 bits per heavy atom. The molecule has 1 atom stereocenters. The van der Waals surface area contributed by atoms with Gasteiger partial charge in [-0.25, -0.2) is 8.42 Å². The van der Waals surface area contributed by atoms with Crippen LogP contribution in [-0.4, -0.2) is 48.5 Å². The molecule has 0 aromatic heterocycles. The van der Waals surface area contributed by atoms with Crippen molar-refractivity contribution in [2.24, 2.45) is 0 Å². The highest BCUT2D eigenvalue weighted by atomic mass is 35.5. The van der Waals surface area contributed by atoms with Crippen molar-refractivity contribution < 1.29 is 27.4 Å². The summed E-state index contributed by atoms with van der Waals surface area (Å²) >= 11 is 6.11. The number of nitrogens with one attached hydrogen (secondary N) is 1. The van der Waals surface area contributed by atoms with Crippen LogP contribution < -0.4 is 23.8 Å². The summed E-state index contributed by atoms with van der Waals surface area (Å²) in [5, 5.41) is 3.03. The van der Waals surface area contributed by atoms with E-state index in [0.29, 0.717) is 22.8 Å². The second-order valence-corrected chi connectivity index (χ2v) is 8.80. The average Bonchev–Trinajstić information content (AvgIpc) is 2.70. The first-order valence-corrected chi connectivity index (χ1v) is 11.2. The third-order valence-electron chi connectivity index (χ3n) is 4.39. The molecule has 1 N–H and O–H groups in total. The van der Waals surface area contributed by atoms with E-state index in [1.807, 2.05) is 0 Å². The smallest absolute Gasteiger partial charge is 0.241 e. The van der Waals surface area contributed by atoms with Crippen molar-refractivity contribution in [2.45, 2.75) is 13.0 Å². The molecule has 0 saturated carbocycles. The molecule has 0 aliphatic rings. The summed E-state index contributed by atoms with van der Waals surface area (Å²) in [5.41, 5.74) is 0.952. The fourth-order valence-electron chi connectivity index (χ4n) is 2.88. The topological polar surface area (TPSA) is 94.2 Å². The molecule has 0 aliphatic heterocycles. The predicted octanol–water partition coefficient (Wildman–Crippen LogP) is 3.01. The quantitative estimate of drug-likeness (QED) is 0.623. The summed E-state index contributed by atoms with van der Waals surface area (Å²) in [6, 6.07) is 9.27. The molecule has 0 radical (unpaired) electrons. The molecule has 0 bridgehead atoms. The fraction of sp³-hybridized carbons (Fsp3) is 0.350. The van der Waals surface area contributed by atoms with Gasteiger partial charge in [-0.05, 0) is 43.3 Å². The van der Waals surface area contributed by atoms with Crippen LogP contribution >= 0.6 is 11.6 Å². The number of amides is 1. The number of ether oxygens (including phenoxy) is 3. The lowest BCUT2D eigenvalue weighted by atomic mass is 10.1. The zero-order valence-electron chi connectivity index (χ0n) is 17.4. The summed E-state index contributed by atoms with van der Waals surface area (Å²) in [4.78, 5) is 12.7. The summed E-state index contributed by atoms with van der Waals surface area (Å²) < 4.78 is 41.3. The van der Waals surface area contributed by atoms with Gasteiger partial charge in [0.1, 0.15) is 23.8 Å². The van der Waals surface area contributed by atoms with E-state index in [-0.39, 0.29) is 10.7 Å². The molecule has 8 nitrogen and oxygen atoms in total. The van der Waals surface area contributed by atoms with Crippen molar-refractivity contribution in [3.8, 4) is 17.2 Å². The van der Waals surface area contributed by atoms with Crippen LogP contribution in [-0.2, 0) is 14.8 Å². The number of carbonyl (C=O) groups is 1. The first kappa shape index (κ1) is 23.6. The van der Waals surface area contributed by atoms with Crippen molar-refractivity contribution in [3.05, 3.63) is 47.0 Å². The molecule has 0 spiro atoms. The molecule has 0 unspecified atom stereocenters. The monoisotopic (exact) mass is 456 g/mol. The van der Waals surface area contributed by atoms with Crippen LogP contribution in [0, 0.1) is 0 Å². The van der Waals surface area contributed by atoms with E-state index in [9.17, 15) is 13.2 Å². The molecule has 2 rings (SSSR count). The van der Waals surface area contributed by atoms with Gasteiger partial charge < -0.3 is 19.5 Å². The van der Waals surface area contributed by atoms with Crippen molar-refractivity contribution in [1.29, 1.82) is 0 Å². The van der Waals surface area contributed by atoms with Crippen molar-refractivity contribution >= 4 is 33.2 Å². The summed E-state index contributed by atoms with van der Waals surface area (Å²) in [6.45, 7) is 1.35. The van der Waals surface area contributed by atoms with Gasteiger partial charge in [0, 0.05) is 5.56 Å². The molecule has 0 aliphatic carbocycles. The minimum Gasteiger partial charge on any atom is -0.497 e. The van der Waals surface area contributed by atoms with Crippen LogP contribution in [0.25, 0.3) is 0 Å². The Morgan fingerprint density at radius 2 is 1.70 bits per heavy atom. The minimum absolute atomic E-state index is 0.235. The maximum Gasteiger partial charge on any atom is 0.241 e. The lowest BCUT2D eigenvalue weighted by Gasteiger charge is -2.24. The number of carbonyl (C=O) groups excluding carboxylic acids is 1. The third-order valence-corrected chi connectivity index (χ3v) is 5.83. The molecule has 30 heavy (non-hydrogen) atoms. The largest absolute Gasteiger partial charge is 0.497 e. The average molecular weight is 457 g/mol. The van der Waals surface area contributed by atoms with Gasteiger partial charge in [0.05, 0.1) is 44.3 Å². The first-order valence-electron chi connectivity index (χ1n) is 8.93. The Hall–Kier alpha value is -2.65. The minimum atomic E-state index is -3.74. The molecular formula is C20H25ClN2O6S. The predicted molar refractivity (Wildman–Crippen MR) is 116 cm³/mol. The fourth-order valence-corrected chi connectivity index (χ4v) is 3.98. The molecule has 2 aromatic rings. The SMILES string of the molecule is COc1ccc(OC)c([C@@H](C)NC(=O)CN(c2ccc(OC)c(Cl)c2)S(C)(=O)=O)c1. The lowest BCUT2D eigenvalue weighted by molar-refractivity contribution is -0.120. The van der Waals surface area contributed by atoms with Gasteiger partial charge in [-0.3, -0.25) is 9.10 Å². The molecule has 1 amide bonds. The summed E-state index contributed by atoms with van der Waals surface area (Å²) in [7, 11) is 0.777. The Balaban J connectivity index is 2.24. The molecule has 164 valence electrons. The standard InChI is InChI=1S/C20H25ClN2O6S/c1-13(16-11-15(27-2)7-9-18(16)28-3)22-20(24)12-23(30(5,25)26)14-6-8-19(29-4)17(21)10-14/h6-11,13H,12H2,1-5H3,(H,22,24)/t13-/m1/s1. The van der Waals surface area contributed by atoms with Gasteiger partial charge in [0.25, 0.3) is 0 Å². The summed E-state index contributed by atoms with van der Waals surface area (Å²) in [5.74, 6) is 1.09. The molecule has 0 heterocycles. The Labute approximate surface area is 181 Å². The van der Waals surface area contributed by atoms with E-state index in [1.54, 1.807) is 32.2 Å². The second kappa shape index (κ2) is 9.90. The number of hydrogen-bond acceptors (Lipinski definition) is 6. The highest BCUT2D eigenvalue weighted by molar-refractivity contribution is 7.92. The lowest BCUT2D eigenvalue weighted by Crippen LogP contribution is -2.41. The van der Waals surface area contributed by atoms with Crippen molar-refractivity contribution in [2.75, 3.05) is 38.4 Å². The van der Waals surface area contributed by atoms with Crippen LogP contribution in [0.15, 0.2) is 36.4 Å². The number of benzene rings is 2. The van der Waals surface area contributed by atoms with E-state index < -0.39 is 28.5 Å². The number of hydrogen-bond donors (Lipinski definition) is 1. The number of sulfonamides is 1. The Bertz CT molecular complexity index is 1010. The van der Waals surface area contributed by atoms with E-state index in [1.165, 1.54) is 32.4 Å². The molecular weight excluding hydrogens is 432 g/mol. The van der Waals surface area contributed by atoms with E-state index in [2.05, 4.69) is 5.32 Å². The van der Waals surface area contributed by atoms with Gasteiger partial charge in [0.2, 0.25) is 15.9 Å². The Kier molecular flexibility index (Phi) is 7.80. The van der Waals surface area contributed by atoms with E-state index in [0.717, 1.165) is 10.6 Å². The zero-order chi connectivity index (χ0) is 22.5. The number of halogens is 1. The van der Waals surface area contributed by atoms with Gasteiger partial charge in [-0.1, -0.05) is 11.6 Å². The maximum absolute atomic E-state index is 12.7. The van der Waals surface area contributed by atoms with Gasteiger partial charge in [-0.2, -0.15) is 0 Å². The van der Waals surface area contributed by atoms with Crippen LogP contribution in [0.2, 0.25) is 5.02 Å². The normalized spacial score (nSPS) is 12.1. The number of anilines is 1. The van der Waals surface area contributed by atoms with Gasteiger partial charge >= 0.3 is 0 Å². The molecule has 10 heteroatoms. The van der Waals surface area contributed by atoms with Crippen molar-refractivity contribution in [1.82, 2.24) is 5.32 Å². The second-order valence-electron chi connectivity index (χ2n) is 6.49. The first-order chi connectivity index (χ1) is 14.1. The number of rotatable bonds is 9. The highest BCUT2D eigenvalue weighted by Gasteiger charge is 2.23. The number of methoxy groups -OCH3 is 3. The summed E-state index contributed by atoms with van der Waals surface area (Å²) in [6.07, 6.45) is 1.02. The maximum atomic E-state index is 12.7. The van der Waals surface area contributed by atoms with Crippen LogP contribution in [0.3, 0.4) is 0 Å². The molecule has 0 saturated heterocycles. The number of nitrogens with zero attached hydrogens (tertiary/aromatic N) is 1. The van der Waals surface area contributed by atoms with Crippen LogP contribution in [0.1, 0.15) is 18.5 Å². The third kappa shape index (κ3) is 5.70. The van der Waals surface area contributed by atoms with Crippen LogP contribution in [0.4, 0.5) is 5.69 Å². The van der Waals surface area contributed by atoms with E-state index in [4.69, 9.17) is 25.8 Å². The van der Waals surface area contributed by atoms with Crippen molar-refractivity contribution in [3.63, 3.8) is 0 Å². The van der Waals surface area contributed by atoms with Gasteiger partial charge in [-0.15, -0.1) is 0 Å². The van der Waals surface area contributed by atoms with Crippen LogP contribution in [0.5, 0.6) is 17.2 Å². The highest BCUT2D eigenvalue weighted by Crippen LogP contribution is 2.31.